The Morgan fingerprint density at radius 2 is 2.55 bits per heavy atom. The zero-order valence-corrected chi connectivity index (χ0v) is 6.63. The highest BCUT2D eigenvalue weighted by atomic mass is 16.1. The maximum atomic E-state index is 10.6. The first-order chi connectivity index (χ1) is 5.20. The second-order valence-corrected chi connectivity index (χ2v) is 2.70. The van der Waals surface area contributed by atoms with Crippen molar-refractivity contribution >= 4 is 11.7 Å². The average molecular weight is 155 g/mol. The topological polar surface area (TPSA) is 67.5 Å². The van der Waals surface area contributed by atoms with Gasteiger partial charge in [-0.25, -0.2) is 0 Å². The normalized spacial score (nSPS) is 19.2. The van der Waals surface area contributed by atoms with Crippen LogP contribution in [0.2, 0.25) is 0 Å². The minimum absolute atomic E-state index is 0.299. The van der Waals surface area contributed by atoms with E-state index in [1.54, 1.807) is 6.92 Å². The molecular weight excluding hydrogens is 142 g/mol. The summed E-state index contributed by atoms with van der Waals surface area (Å²) in [6.45, 7) is 2.61. The monoisotopic (exact) mass is 155 g/mol. The van der Waals surface area contributed by atoms with Gasteiger partial charge >= 0.3 is 0 Å². The van der Waals surface area contributed by atoms with Crippen molar-refractivity contribution in [2.75, 3.05) is 6.54 Å². The van der Waals surface area contributed by atoms with Crippen molar-refractivity contribution in [1.29, 1.82) is 0 Å². The Morgan fingerprint density at radius 3 is 3.00 bits per heavy atom. The number of aliphatic imine (C=N–C) groups is 1. The van der Waals surface area contributed by atoms with Crippen LogP contribution in [0.4, 0.5) is 0 Å². The summed E-state index contributed by atoms with van der Waals surface area (Å²) in [5, 5.41) is 2.95. The molecular formula is C7H13N3O. The Morgan fingerprint density at radius 1 is 1.82 bits per heavy atom. The van der Waals surface area contributed by atoms with E-state index in [1.807, 2.05) is 0 Å². The number of nitrogens with zero attached hydrogens (tertiary/aromatic N) is 1. The van der Waals surface area contributed by atoms with E-state index in [1.165, 1.54) is 0 Å². The van der Waals surface area contributed by atoms with Crippen LogP contribution in [-0.4, -0.2) is 24.3 Å². The first-order valence-corrected chi connectivity index (χ1v) is 3.79. The molecule has 0 aliphatic carbocycles. The lowest BCUT2D eigenvalue weighted by Crippen LogP contribution is -2.41. The molecule has 0 aromatic rings. The first kappa shape index (κ1) is 8.04. The molecule has 0 radical (unpaired) electrons. The highest BCUT2D eigenvalue weighted by Crippen LogP contribution is 2.01. The molecule has 1 unspecified atom stereocenters. The number of primary amides is 1. The van der Waals surface area contributed by atoms with Crippen molar-refractivity contribution in [1.82, 2.24) is 5.32 Å². The second-order valence-electron chi connectivity index (χ2n) is 2.70. The largest absolute Gasteiger partial charge is 0.368 e. The van der Waals surface area contributed by atoms with Crippen LogP contribution in [0.15, 0.2) is 4.99 Å². The van der Waals surface area contributed by atoms with Crippen LogP contribution in [0.5, 0.6) is 0 Å². The van der Waals surface area contributed by atoms with E-state index in [-0.39, 0.29) is 11.9 Å². The Kier molecular flexibility index (Phi) is 2.46. The van der Waals surface area contributed by atoms with E-state index in [0.29, 0.717) is 0 Å². The summed E-state index contributed by atoms with van der Waals surface area (Å²) in [5.74, 6) is 0.580. The summed E-state index contributed by atoms with van der Waals surface area (Å²) < 4.78 is 0. The van der Waals surface area contributed by atoms with Crippen LogP contribution >= 0.6 is 0 Å². The zero-order chi connectivity index (χ0) is 8.27. The van der Waals surface area contributed by atoms with Crippen molar-refractivity contribution in [3.63, 3.8) is 0 Å². The third kappa shape index (κ3) is 2.22. The predicted molar refractivity (Wildman–Crippen MR) is 43.3 cm³/mol. The molecule has 1 heterocycles. The van der Waals surface area contributed by atoms with Gasteiger partial charge in [0.15, 0.2) is 0 Å². The summed E-state index contributed by atoms with van der Waals surface area (Å²) in [4.78, 5) is 14.7. The van der Waals surface area contributed by atoms with Gasteiger partial charge in [-0.15, -0.1) is 0 Å². The molecule has 1 atom stereocenters. The van der Waals surface area contributed by atoms with Crippen molar-refractivity contribution in [3.8, 4) is 0 Å². The number of nitrogens with one attached hydrogen (secondary N) is 1. The molecule has 1 aliphatic rings. The Labute approximate surface area is 65.9 Å². The smallest absolute Gasteiger partial charge is 0.239 e. The molecule has 1 amide bonds. The zero-order valence-electron chi connectivity index (χ0n) is 6.63. The number of hydrogen-bond acceptors (Lipinski definition) is 3. The number of amides is 1. The van der Waals surface area contributed by atoms with Gasteiger partial charge in [-0.2, -0.15) is 0 Å². The number of carbonyl (C=O) groups is 1. The van der Waals surface area contributed by atoms with E-state index in [4.69, 9.17) is 5.73 Å². The van der Waals surface area contributed by atoms with Gasteiger partial charge in [0, 0.05) is 13.0 Å². The van der Waals surface area contributed by atoms with Gasteiger partial charge in [0.1, 0.15) is 6.04 Å². The van der Waals surface area contributed by atoms with Crippen LogP contribution in [0, 0.1) is 0 Å². The lowest BCUT2D eigenvalue weighted by Gasteiger charge is -2.10. The van der Waals surface area contributed by atoms with Crippen LogP contribution < -0.4 is 11.1 Å². The highest BCUT2D eigenvalue weighted by Gasteiger charge is 2.12. The van der Waals surface area contributed by atoms with Gasteiger partial charge in [0.05, 0.1) is 5.84 Å². The fourth-order valence-corrected chi connectivity index (χ4v) is 0.978. The van der Waals surface area contributed by atoms with Crippen molar-refractivity contribution < 1.29 is 4.79 Å². The molecule has 4 heteroatoms. The van der Waals surface area contributed by atoms with E-state index in [2.05, 4.69) is 10.3 Å². The molecule has 0 spiro atoms. The minimum atomic E-state index is -0.334. The maximum absolute atomic E-state index is 10.6. The molecule has 62 valence electrons. The van der Waals surface area contributed by atoms with Crippen molar-refractivity contribution in [2.24, 2.45) is 10.7 Å². The average Bonchev–Trinajstić information content (AvgIpc) is 2.39. The molecule has 0 aromatic heterocycles. The van der Waals surface area contributed by atoms with E-state index in [0.717, 1.165) is 25.2 Å². The van der Waals surface area contributed by atoms with Gasteiger partial charge in [-0.05, 0) is 13.3 Å². The van der Waals surface area contributed by atoms with Gasteiger partial charge < -0.3 is 11.1 Å². The van der Waals surface area contributed by atoms with E-state index >= 15 is 0 Å². The summed E-state index contributed by atoms with van der Waals surface area (Å²) in [6, 6.07) is -0.299. The number of hydrogen-bond donors (Lipinski definition) is 2. The Balaban J connectivity index is 2.35. The molecule has 1 aliphatic heterocycles. The van der Waals surface area contributed by atoms with E-state index < -0.39 is 0 Å². The number of nitrogens with two attached hydrogens (primary N) is 1. The van der Waals surface area contributed by atoms with Crippen LogP contribution in [0.3, 0.4) is 0 Å². The summed E-state index contributed by atoms with van der Waals surface area (Å²) in [6.07, 6.45) is 2.02. The number of carbonyl (C=O) groups excluding carboxylic acids is 1. The molecule has 0 bridgehead atoms. The third-order valence-electron chi connectivity index (χ3n) is 1.68. The SMILES string of the molecule is CC(NC1=NCCC1)C(N)=O. The minimum Gasteiger partial charge on any atom is -0.368 e. The van der Waals surface area contributed by atoms with Gasteiger partial charge in [0.2, 0.25) is 5.91 Å². The first-order valence-electron chi connectivity index (χ1n) is 3.79. The van der Waals surface area contributed by atoms with Crippen molar-refractivity contribution in [3.05, 3.63) is 0 Å². The lowest BCUT2D eigenvalue weighted by atomic mass is 10.3. The van der Waals surface area contributed by atoms with E-state index in [9.17, 15) is 4.79 Å². The lowest BCUT2D eigenvalue weighted by molar-refractivity contribution is -0.119. The molecule has 0 aromatic carbocycles. The molecule has 1 rings (SSSR count). The fraction of sp³-hybridized carbons (Fsp3) is 0.714. The molecule has 4 nitrogen and oxygen atoms in total. The van der Waals surface area contributed by atoms with Gasteiger partial charge in [-0.1, -0.05) is 0 Å². The fourth-order valence-electron chi connectivity index (χ4n) is 0.978. The molecule has 0 fully saturated rings. The maximum Gasteiger partial charge on any atom is 0.239 e. The predicted octanol–water partition coefficient (Wildman–Crippen LogP) is -0.358. The van der Waals surface area contributed by atoms with Gasteiger partial charge in [-0.3, -0.25) is 9.79 Å². The molecule has 0 saturated carbocycles. The van der Waals surface area contributed by atoms with Crippen LogP contribution in [0.1, 0.15) is 19.8 Å². The summed E-state index contributed by atoms with van der Waals surface area (Å²) in [7, 11) is 0. The summed E-state index contributed by atoms with van der Waals surface area (Å²) >= 11 is 0. The standard InChI is InChI=1S/C7H13N3O/c1-5(7(8)11)10-6-3-2-4-9-6/h5H,2-4H2,1H3,(H2,8,11)(H,9,10). The molecule has 0 saturated heterocycles. The number of amidine groups is 1. The number of rotatable bonds is 2. The Hall–Kier alpha value is -1.06. The van der Waals surface area contributed by atoms with Crippen LogP contribution in [0.25, 0.3) is 0 Å². The molecule has 11 heavy (non-hydrogen) atoms. The summed E-state index contributed by atoms with van der Waals surface area (Å²) in [5.41, 5.74) is 5.06. The van der Waals surface area contributed by atoms with Crippen molar-refractivity contribution in [2.45, 2.75) is 25.8 Å². The third-order valence-corrected chi connectivity index (χ3v) is 1.68. The highest BCUT2D eigenvalue weighted by molar-refractivity contribution is 5.89. The van der Waals surface area contributed by atoms with Gasteiger partial charge in [0.25, 0.3) is 0 Å². The Bertz CT molecular complexity index is 188. The quantitative estimate of drug-likeness (QED) is 0.572. The second kappa shape index (κ2) is 3.37. The van der Waals surface area contributed by atoms with Crippen LogP contribution in [-0.2, 0) is 4.79 Å². The molecule has 3 N–H and O–H groups in total.